The van der Waals surface area contributed by atoms with Crippen LogP contribution < -0.4 is 114 Å². The number of rotatable bonds is 2. The van der Waals surface area contributed by atoms with Crippen LogP contribution in [0.2, 0.25) is 0 Å². The average Bonchev–Trinajstić information content (AvgIpc) is 2.41. The zero-order chi connectivity index (χ0) is 7.99. The SMILES string of the molecule is NC(F)([P-]I)I1[P-]C1(N)F.[K+].[K+]. The molecule has 1 saturated heterocycles. The van der Waals surface area contributed by atoms with Crippen LogP contribution in [-0.2, 0) is 0 Å². The Labute approximate surface area is 178 Å². The summed E-state index contributed by atoms with van der Waals surface area (Å²) in [6, 6.07) is 0. The van der Waals surface area contributed by atoms with E-state index >= 15 is 0 Å². The van der Waals surface area contributed by atoms with Gasteiger partial charge in [-0.05, 0) is 0 Å². The van der Waals surface area contributed by atoms with Crippen molar-refractivity contribution in [1.82, 2.24) is 0 Å². The molecule has 12 heavy (non-hydrogen) atoms. The van der Waals surface area contributed by atoms with Crippen LogP contribution in [0.15, 0.2) is 0 Å². The van der Waals surface area contributed by atoms with Crippen molar-refractivity contribution in [2.45, 2.75) is 7.08 Å². The van der Waals surface area contributed by atoms with Crippen LogP contribution >= 0.6 is 53.8 Å². The molecule has 2 nitrogen and oxygen atoms in total. The zero-order valence-corrected chi connectivity index (χ0v) is 18.9. The largest absolute Gasteiger partial charge is 1.00 e. The molecule has 1 fully saturated rings. The van der Waals surface area contributed by atoms with Crippen molar-refractivity contribution in [3.8, 4) is 0 Å². The van der Waals surface area contributed by atoms with Crippen LogP contribution in [0.1, 0.15) is 0 Å². The fraction of sp³-hybridized carbons (Fsp3) is 1.00. The van der Waals surface area contributed by atoms with E-state index in [-0.39, 0.29) is 103 Å². The van der Waals surface area contributed by atoms with Gasteiger partial charge in [0, 0.05) is 0 Å². The second-order valence-corrected chi connectivity index (χ2v) is 14.8. The Morgan fingerprint density at radius 3 is 2.00 bits per heavy atom. The van der Waals surface area contributed by atoms with Crippen molar-refractivity contribution in [3.63, 3.8) is 0 Å². The van der Waals surface area contributed by atoms with Crippen LogP contribution in [0, 0.1) is 0 Å². The molecule has 2 unspecified atom stereocenters. The zero-order valence-electron chi connectivity index (χ0n) is 6.56. The predicted molar refractivity (Wildman–Crippen MR) is 57.9 cm³/mol. The predicted octanol–water partition coefficient (Wildman–Crippen LogP) is -3.25. The molecule has 10 heteroatoms. The normalized spacial score (nSPS) is 37.2. The first-order chi connectivity index (χ1) is 4.40. The molecule has 0 amide bonds. The Morgan fingerprint density at radius 2 is 1.92 bits per heavy atom. The van der Waals surface area contributed by atoms with Crippen LogP contribution in [0.25, 0.3) is 0 Å². The molecule has 1 heterocycles. The quantitative estimate of drug-likeness (QED) is 0.141. The average molecular weight is 488 g/mol. The number of nitrogens with two attached hydrogens (primary N) is 2. The van der Waals surface area contributed by atoms with Gasteiger partial charge in [-0.2, -0.15) is 0 Å². The van der Waals surface area contributed by atoms with E-state index in [1.54, 1.807) is 22.0 Å². The monoisotopic (exact) mass is 488 g/mol. The molecule has 0 saturated carbocycles. The Kier molecular flexibility index (Phi) is 12.7. The van der Waals surface area contributed by atoms with Crippen molar-refractivity contribution in [2.75, 3.05) is 0 Å². The minimum absolute atomic E-state index is 0. The summed E-state index contributed by atoms with van der Waals surface area (Å²) in [6.45, 7) is 0. The molecular weight excluding hydrogens is 484 g/mol. The third-order valence-corrected chi connectivity index (χ3v) is 18.6. The summed E-state index contributed by atoms with van der Waals surface area (Å²) in [5.41, 5.74) is 10.2. The fourth-order valence-electron chi connectivity index (χ4n) is 0.372. The number of alkyl halides is 4. The van der Waals surface area contributed by atoms with Crippen molar-refractivity contribution in [3.05, 3.63) is 0 Å². The molecule has 0 spiro atoms. The van der Waals surface area contributed by atoms with E-state index in [9.17, 15) is 8.78 Å². The summed E-state index contributed by atoms with van der Waals surface area (Å²) in [4.78, 5) is 0. The first-order valence-electron chi connectivity index (χ1n) is 2.12. The Bertz CT molecular complexity index is 162. The van der Waals surface area contributed by atoms with E-state index < -0.39 is 26.4 Å². The molecule has 1 rings (SSSR count). The Morgan fingerprint density at radius 1 is 1.58 bits per heavy atom. The molecule has 0 aromatic carbocycles. The van der Waals surface area contributed by atoms with Gasteiger partial charge >= 0.3 is 184 Å². The number of halogens is 4. The maximum absolute atomic E-state index is 13.0. The summed E-state index contributed by atoms with van der Waals surface area (Å²) < 4.78 is 22.1. The van der Waals surface area contributed by atoms with Gasteiger partial charge in [0.1, 0.15) is 0 Å². The second-order valence-electron chi connectivity index (χ2n) is 1.61. The Balaban J connectivity index is 0. The van der Waals surface area contributed by atoms with E-state index in [1.165, 1.54) is 0 Å². The topological polar surface area (TPSA) is 52.0 Å². The van der Waals surface area contributed by atoms with Gasteiger partial charge in [-0.15, -0.1) is 0 Å². The molecule has 1 aliphatic rings. The van der Waals surface area contributed by atoms with Gasteiger partial charge in [-0.1, -0.05) is 0 Å². The number of hydrogen-bond donors (Lipinski definition) is 2. The van der Waals surface area contributed by atoms with Crippen LogP contribution in [0.4, 0.5) is 8.78 Å². The number of hydrogen-bond acceptors (Lipinski definition) is 2. The molecular formula is C2H4F2I2K2N2P2. The Hall–Kier alpha value is 5.37. The molecule has 0 aromatic heterocycles. The van der Waals surface area contributed by atoms with Crippen molar-refractivity contribution >= 4 is 53.8 Å². The first-order valence-corrected chi connectivity index (χ1v) is 11.6. The molecule has 0 bridgehead atoms. The first kappa shape index (κ1) is 19.7. The van der Waals surface area contributed by atoms with Gasteiger partial charge in [0.05, 0.1) is 0 Å². The minimum atomic E-state index is -2.33. The summed E-state index contributed by atoms with van der Waals surface area (Å²) in [6.07, 6.45) is 0.794. The molecule has 2 atom stereocenters. The third-order valence-electron chi connectivity index (χ3n) is 0.785. The van der Waals surface area contributed by atoms with Gasteiger partial charge < -0.3 is 0 Å². The van der Waals surface area contributed by atoms with Gasteiger partial charge in [-0.25, -0.2) is 0 Å². The second kappa shape index (κ2) is 7.73. The van der Waals surface area contributed by atoms with E-state index in [0.29, 0.717) is 12.4 Å². The minimum Gasteiger partial charge on any atom is 1.00 e. The summed E-state index contributed by atoms with van der Waals surface area (Å²) in [5, 5.41) is 0. The van der Waals surface area contributed by atoms with E-state index in [2.05, 4.69) is 0 Å². The van der Waals surface area contributed by atoms with Gasteiger partial charge in [0.2, 0.25) is 0 Å². The maximum Gasteiger partial charge on any atom is 1.00 e. The smallest absolute Gasteiger partial charge is 1.00 e. The van der Waals surface area contributed by atoms with Crippen molar-refractivity contribution in [2.24, 2.45) is 11.5 Å². The molecule has 4 N–H and O–H groups in total. The van der Waals surface area contributed by atoms with Gasteiger partial charge in [-0.3, -0.25) is 0 Å². The molecule has 0 aromatic rings. The molecule has 0 aliphatic carbocycles. The van der Waals surface area contributed by atoms with Crippen LogP contribution in [0.3, 0.4) is 0 Å². The molecule has 0 radical (unpaired) electrons. The summed E-state index contributed by atoms with van der Waals surface area (Å²) in [5.74, 6) is 0. The third kappa shape index (κ3) is 5.81. The van der Waals surface area contributed by atoms with Crippen LogP contribution in [0.5, 0.6) is 0 Å². The van der Waals surface area contributed by atoms with E-state index in [4.69, 9.17) is 11.5 Å². The summed E-state index contributed by atoms with van der Waals surface area (Å²) in [7, 11) is 0. The molecule has 62 valence electrons. The van der Waals surface area contributed by atoms with Crippen molar-refractivity contribution < 1.29 is 112 Å². The fourth-order valence-corrected chi connectivity index (χ4v) is 17.0. The van der Waals surface area contributed by atoms with Gasteiger partial charge in [0.25, 0.3) is 0 Å². The van der Waals surface area contributed by atoms with E-state index in [1.807, 2.05) is 0 Å². The van der Waals surface area contributed by atoms with E-state index in [0.717, 1.165) is 0 Å². The summed E-state index contributed by atoms with van der Waals surface area (Å²) >= 11 is -0.546. The standard InChI is InChI=1S/C2H4F2I2N2P2.2K/c3-1(7,9-5)6-2(4,8)10-6;;/h7-8H2;;/q-2;2*+1. The molecule has 1 aliphatic heterocycles. The van der Waals surface area contributed by atoms with Crippen LogP contribution in [-0.4, -0.2) is 7.08 Å². The maximum atomic E-state index is 13.0. The van der Waals surface area contributed by atoms with Crippen molar-refractivity contribution in [1.29, 1.82) is 0 Å². The van der Waals surface area contributed by atoms with Gasteiger partial charge in [0.15, 0.2) is 0 Å².